The summed E-state index contributed by atoms with van der Waals surface area (Å²) in [5.41, 5.74) is 0.381. The average molecular weight is 394 g/mol. The van der Waals surface area contributed by atoms with Gasteiger partial charge in [-0.2, -0.15) is 0 Å². The SMILES string of the molecule is O=C(O)[C@H]1[C@H](C(=O)NCc2ccc(Br)cc2F)[C@@H]2C=C[C@H]1C21CC1. The molecule has 3 aliphatic rings. The minimum atomic E-state index is -0.909. The number of benzene rings is 1. The topological polar surface area (TPSA) is 66.4 Å². The first kappa shape index (κ1) is 15.8. The average Bonchev–Trinajstić information content (AvgIpc) is 3.19. The molecule has 4 rings (SSSR count). The van der Waals surface area contributed by atoms with Gasteiger partial charge in [-0.3, -0.25) is 9.59 Å². The first-order valence-corrected chi connectivity index (χ1v) is 8.86. The fourth-order valence-electron chi connectivity index (χ4n) is 4.66. The fraction of sp³-hybridized carbons (Fsp3) is 0.444. The van der Waals surface area contributed by atoms with Crippen molar-refractivity contribution in [3.63, 3.8) is 0 Å². The normalized spacial score (nSPS) is 31.4. The van der Waals surface area contributed by atoms with Crippen LogP contribution in [0.3, 0.4) is 0 Å². The lowest BCUT2D eigenvalue weighted by molar-refractivity contribution is -0.147. The molecule has 0 saturated heterocycles. The Kier molecular flexibility index (Phi) is 3.56. The van der Waals surface area contributed by atoms with Gasteiger partial charge in [-0.05, 0) is 42.2 Å². The molecule has 1 aromatic rings. The van der Waals surface area contributed by atoms with E-state index in [1.165, 1.54) is 6.07 Å². The van der Waals surface area contributed by atoms with Crippen molar-refractivity contribution in [1.29, 1.82) is 0 Å². The monoisotopic (exact) mass is 393 g/mol. The molecule has 0 heterocycles. The number of carboxylic acids is 1. The summed E-state index contributed by atoms with van der Waals surface area (Å²) in [6.45, 7) is 0.0644. The van der Waals surface area contributed by atoms with E-state index in [-0.39, 0.29) is 29.7 Å². The Bertz CT molecular complexity index is 759. The highest BCUT2D eigenvalue weighted by Gasteiger charge is 2.70. The van der Waals surface area contributed by atoms with Gasteiger partial charge in [-0.25, -0.2) is 4.39 Å². The molecular formula is C18H17BrFNO3. The first-order valence-electron chi connectivity index (χ1n) is 8.07. The molecule has 1 spiro atoms. The summed E-state index contributed by atoms with van der Waals surface area (Å²) in [5, 5.41) is 12.3. The van der Waals surface area contributed by atoms with Crippen LogP contribution in [0.5, 0.6) is 0 Å². The predicted octanol–water partition coefficient (Wildman–Crippen LogP) is 3.12. The zero-order chi connectivity index (χ0) is 17.1. The van der Waals surface area contributed by atoms with Crippen LogP contribution in [0.2, 0.25) is 0 Å². The van der Waals surface area contributed by atoms with Crippen molar-refractivity contribution < 1.29 is 19.1 Å². The summed E-state index contributed by atoms with van der Waals surface area (Å²) in [4.78, 5) is 24.4. The Hall–Kier alpha value is -1.69. The van der Waals surface area contributed by atoms with Crippen LogP contribution < -0.4 is 5.32 Å². The number of rotatable bonds is 4. The second-order valence-corrected chi connectivity index (χ2v) is 7.93. The molecule has 1 amide bonds. The van der Waals surface area contributed by atoms with Crippen molar-refractivity contribution in [3.8, 4) is 0 Å². The van der Waals surface area contributed by atoms with Crippen LogP contribution in [0, 0.1) is 34.9 Å². The number of allylic oxidation sites excluding steroid dienone is 2. The van der Waals surface area contributed by atoms with E-state index < -0.39 is 23.6 Å². The Balaban J connectivity index is 1.51. The highest BCUT2D eigenvalue weighted by Crippen LogP contribution is 2.71. The minimum Gasteiger partial charge on any atom is -0.481 e. The van der Waals surface area contributed by atoms with Gasteiger partial charge in [0.25, 0.3) is 0 Å². The largest absolute Gasteiger partial charge is 0.481 e. The number of halogens is 2. The highest BCUT2D eigenvalue weighted by molar-refractivity contribution is 9.10. The molecule has 2 bridgehead atoms. The Morgan fingerprint density at radius 1 is 1.25 bits per heavy atom. The number of nitrogens with one attached hydrogen (secondary N) is 1. The second-order valence-electron chi connectivity index (χ2n) is 7.01. The van der Waals surface area contributed by atoms with Crippen LogP contribution in [0.4, 0.5) is 4.39 Å². The zero-order valence-corrected chi connectivity index (χ0v) is 14.4. The third-order valence-electron chi connectivity index (χ3n) is 5.90. The Morgan fingerprint density at radius 2 is 1.92 bits per heavy atom. The second kappa shape index (κ2) is 5.41. The Labute approximate surface area is 147 Å². The van der Waals surface area contributed by atoms with E-state index in [4.69, 9.17) is 0 Å². The molecular weight excluding hydrogens is 377 g/mol. The lowest BCUT2D eigenvalue weighted by Crippen LogP contribution is -2.40. The number of amides is 1. The van der Waals surface area contributed by atoms with Gasteiger partial charge >= 0.3 is 5.97 Å². The van der Waals surface area contributed by atoms with Crippen LogP contribution in [-0.4, -0.2) is 17.0 Å². The molecule has 2 fully saturated rings. The maximum Gasteiger partial charge on any atom is 0.307 e. The molecule has 1 aromatic carbocycles. The van der Waals surface area contributed by atoms with Gasteiger partial charge in [0.1, 0.15) is 5.82 Å². The smallest absolute Gasteiger partial charge is 0.307 e. The van der Waals surface area contributed by atoms with E-state index in [1.807, 2.05) is 12.2 Å². The molecule has 6 heteroatoms. The number of hydrogen-bond acceptors (Lipinski definition) is 2. The summed E-state index contributed by atoms with van der Waals surface area (Å²) in [6, 6.07) is 4.67. The molecule has 3 aliphatic carbocycles. The third-order valence-corrected chi connectivity index (χ3v) is 6.39. The molecule has 0 aromatic heterocycles. The van der Waals surface area contributed by atoms with Crippen molar-refractivity contribution >= 4 is 27.8 Å². The van der Waals surface area contributed by atoms with Gasteiger partial charge < -0.3 is 10.4 Å². The standard InChI is InChI=1S/C18H17BrFNO3/c19-10-2-1-9(13(20)7-10)8-21-16(22)14-11-3-4-12(15(14)17(23)24)18(11)5-6-18/h1-4,7,11-12,14-15H,5-6,8H2,(H,21,22)(H,23,24)/t11-,12+,14+,15+/m0/s1. The number of carbonyl (C=O) groups is 2. The van der Waals surface area contributed by atoms with Crippen LogP contribution in [0.25, 0.3) is 0 Å². The summed E-state index contributed by atoms with van der Waals surface area (Å²) >= 11 is 3.20. The summed E-state index contributed by atoms with van der Waals surface area (Å²) in [5.74, 6) is -2.86. The van der Waals surface area contributed by atoms with Gasteiger partial charge in [0.15, 0.2) is 0 Å². The van der Waals surface area contributed by atoms with Crippen LogP contribution in [0.1, 0.15) is 18.4 Å². The molecule has 126 valence electrons. The lowest BCUT2D eigenvalue weighted by Gasteiger charge is -2.23. The van der Waals surface area contributed by atoms with Gasteiger partial charge in [0.05, 0.1) is 11.8 Å². The third kappa shape index (κ3) is 2.23. The maximum absolute atomic E-state index is 13.9. The number of aliphatic carboxylic acids is 1. The molecule has 2 N–H and O–H groups in total. The summed E-state index contributed by atoms with van der Waals surface area (Å²) < 4.78 is 14.5. The van der Waals surface area contributed by atoms with E-state index >= 15 is 0 Å². The summed E-state index contributed by atoms with van der Waals surface area (Å²) in [6.07, 6.45) is 5.98. The predicted molar refractivity (Wildman–Crippen MR) is 88.3 cm³/mol. The highest BCUT2D eigenvalue weighted by atomic mass is 79.9. The van der Waals surface area contributed by atoms with E-state index in [0.29, 0.717) is 10.0 Å². The maximum atomic E-state index is 13.9. The number of carboxylic acid groups (broad SMARTS) is 1. The molecule has 0 unspecified atom stereocenters. The molecule has 2 saturated carbocycles. The van der Waals surface area contributed by atoms with E-state index in [0.717, 1.165) is 12.8 Å². The number of carbonyl (C=O) groups excluding carboxylic acids is 1. The van der Waals surface area contributed by atoms with Crippen LogP contribution in [0.15, 0.2) is 34.8 Å². The van der Waals surface area contributed by atoms with E-state index in [9.17, 15) is 19.1 Å². The molecule has 24 heavy (non-hydrogen) atoms. The minimum absolute atomic E-state index is 0.00151. The van der Waals surface area contributed by atoms with Crippen LogP contribution in [-0.2, 0) is 16.1 Å². The van der Waals surface area contributed by atoms with Crippen LogP contribution >= 0.6 is 15.9 Å². The van der Waals surface area contributed by atoms with Crippen molar-refractivity contribution in [2.24, 2.45) is 29.1 Å². The van der Waals surface area contributed by atoms with Crippen molar-refractivity contribution in [1.82, 2.24) is 5.32 Å². The lowest BCUT2D eigenvalue weighted by atomic mass is 9.82. The van der Waals surface area contributed by atoms with Gasteiger partial charge in [-0.15, -0.1) is 0 Å². The number of hydrogen-bond donors (Lipinski definition) is 2. The van der Waals surface area contributed by atoms with Gasteiger partial charge in [-0.1, -0.05) is 34.1 Å². The molecule has 4 atom stereocenters. The zero-order valence-electron chi connectivity index (χ0n) is 12.8. The fourth-order valence-corrected chi connectivity index (χ4v) is 4.99. The molecule has 0 aliphatic heterocycles. The van der Waals surface area contributed by atoms with E-state index in [2.05, 4.69) is 21.2 Å². The summed E-state index contributed by atoms with van der Waals surface area (Å²) in [7, 11) is 0. The first-order chi connectivity index (χ1) is 11.4. The van der Waals surface area contributed by atoms with Gasteiger partial charge in [0, 0.05) is 16.6 Å². The van der Waals surface area contributed by atoms with E-state index in [1.54, 1.807) is 12.1 Å². The van der Waals surface area contributed by atoms with Gasteiger partial charge in [0.2, 0.25) is 5.91 Å². The van der Waals surface area contributed by atoms with Crippen molar-refractivity contribution in [2.45, 2.75) is 19.4 Å². The molecule has 4 nitrogen and oxygen atoms in total. The van der Waals surface area contributed by atoms with Crippen molar-refractivity contribution in [3.05, 3.63) is 46.2 Å². The molecule has 0 radical (unpaired) electrons. The quantitative estimate of drug-likeness (QED) is 0.772. The Morgan fingerprint density at radius 3 is 2.50 bits per heavy atom. The van der Waals surface area contributed by atoms with Crippen molar-refractivity contribution in [2.75, 3.05) is 0 Å².